The number of carbonyl (C=O) groups excluding carboxylic acids is 2. The summed E-state index contributed by atoms with van der Waals surface area (Å²) in [5.41, 5.74) is 1.84. The number of rotatable bonds is 4. The zero-order valence-corrected chi connectivity index (χ0v) is 15.1. The average Bonchev–Trinajstić information content (AvgIpc) is 3.02. The molecule has 0 aliphatic rings. The molecule has 0 fully saturated rings. The van der Waals surface area contributed by atoms with Crippen molar-refractivity contribution in [3.63, 3.8) is 0 Å². The van der Waals surface area contributed by atoms with Crippen LogP contribution >= 0.6 is 11.6 Å². The molecule has 0 aliphatic carbocycles. The highest BCUT2D eigenvalue weighted by molar-refractivity contribution is 6.39. The molecule has 0 spiro atoms. The Morgan fingerprint density at radius 3 is 2.70 bits per heavy atom. The summed E-state index contributed by atoms with van der Waals surface area (Å²) >= 11 is 5.63. The Balaban J connectivity index is 1.58. The Morgan fingerprint density at radius 2 is 1.96 bits per heavy atom. The van der Waals surface area contributed by atoms with Crippen LogP contribution in [0.2, 0.25) is 5.02 Å². The van der Waals surface area contributed by atoms with Gasteiger partial charge in [-0.25, -0.2) is 4.39 Å². The summed E-state index contributed by atoms with van der Waals surface area (Å²) in [5, 5.41) is 15.7. The molecule has 0 radical (unpaired) electrons. The zero-order valence-electron chi connectivity index (χ0n) is 14.4. The number of amides is 2. The van der Waals surface area contributed by atoms with Gasteiger partial charge in [-0.3, -0.25) is 9.59 Å². The third-order valence-electron chi connectivity index (χ3n) is 4.13. The van der Waals surface area contributed by atoms with Gasteiger partial charge < -0.3 is 20.3 Å². The highest BCUT2D eigenvalue weighted by Crippen LogP contribution is 2.21. The molecule has 0 bridgehead atoms. The van der Waals surface area contributed by atoms with Crippen molar-refractivity contribution in [1.82, 2.24) is 9.88 Å². The van der Waals surface area contributed by atoms with Gasteiger partial charge >= 0.3 is 11.8 Å². The van der Waals surface area contributed by atoms with Crippen LogP contribution in [0.15, 0.2) is 48.7 Å². The molecule has 2 aromatic carbocycles. The minimum Gasteiger partial charge on any atom is -0.387 e. The molecule has 140 valence electrons. The fourth-order valence-electron chi connectivity index (χ4n) is 2.66. The van der Waals surface area contributed by atoms with E-state index in [-0.39, 0.29) is 17.3 Å². The van der Waals surface area contributed by atoms with Crippen molar-refractivity contribution in [2.24, 2.45) is 7.05 Å². The van der Waals surface area contributed by atoms with Crippen LogP contribution in [0, 0.1) is 5.82 Å². The number of halogens is 2. The first-order valence-corrected chi connectivity index (χ1v) is 8.50. The molecule has 0 aliphatic heterocycles. The summed E-state index contributed by atoms with van der Waals surface area (Å²) in [6, 6.07) is 11.0. The van der Waals surface area contributed by atoms with Crippen molar-refractivity contribution in [2.45, 2.75) is 6.10 Å². The summed E-state index contributed by atoms with van der Waals surface area (Å²) in [5.74, 6) is -2.49. The number of hydrogen-bond donors (Lipinski definition) is 3. The van der Waals surface area contributed by atoms with Crippen molar-refractivity contribution < 1.29 is 19.1 Å². The van der Waals surface area contributed by atoms with E-state index in [1.54, 1.807) is 6.07 Å². The molecule has 8 heteroatoms. The maximum Gasteiger partial charge on any atom is 0.313 e. The highest BCUT2D eigenvalue weighted by atomic mass is 35.5. The number of nitrogens with one attached hydrogen (secondary N) is 2. The normalized spacial score (nSPS) is 12.0. The average molecular weight is 390 g/mol. The van der Waals surface area contributed by atoms with Crippen LogP contribution in [0.4, 0.5) is 10.1 Å². The van der Waals surface area contributed by atoms with E-state index >= 15 is 0 Å². The van der Waals surface area contributed by atoms with Gasteiger partial charge in [0, 0.05) is 31.0 Å². The Hall–Kier alpha value is -2.90. The lowest BCUT2D eigenvalue weighted by molar-refractivity contribution is -0.136. The van der Waals surface area contributed by atoms with Crippen LogP contribution < -0.4 is 10.6 Å². The summed E-state index contributed by atoms with van der Waals surface area (Å²) < 4.78 is 15.1. The van der Waals surface area contributed by atoms with Crippen LogP contribution in [-0.2, 0) is 16.6 Å². The van der Waals surface area contributed by atoms with E-state index in [0.29, 0.717) is 5.56 Å². The van der Waals surface area contributed by atoms with Crippen molar-refractivity contribution in [3.8, 4) is 0 Å². The molecule has 0 saturated carbocycles. The molecular formula is C19H17ClFN3O3. The molecular weight excluding hydrogens is 373 g/mol. The smallest absolute Gasteiger partial charge is 0.313 e. The van der Waals surface area contributed by atoms with Gasteiger partial charge in [0.1, 0.15) is 5.82 Å². The Morgan fingerprint density at radius 1 is 1.19 bits per heavy atom. The highest BCUT2D eigenvalue weighted by Gasteiger charge is 2.17. The largest absolute Gasteiger partial charge is 0.387 e. The molecule has 1 aromatic heterocycles. The number of benzene rings is 2. The molecule has 6 nitrogen and oxygen atoms in total. The van der Waals surface area contributed by atoms with Crippen LogP contribution in [0.25, 0.3) is 10.9 Å². The van der Waals surface area contributed by atoms with E-state index in [0.717, 1.165) is 17.0 Å². The maximum atomic E-state index is 13.1. The second-order valence-electron chi connectivity index (χ2n) is 6.05. The number of fused-ring (bicyclic) bond motifs is 1. The number of nitrogens with zero attached hydrogens (tertiary/aromatic N) is 1. The molecule has 2 amide bonds. The van der Waals surface area contributed by atoms with Crippen LogP contribution in [-0.4, -0.2) is 28.0 Å². The quantitative estimate of drug-likeness (QED) is 0.600. The molecule has 3 aromatic rings. The van der Waals surface area contributed by atoms with E-state index in [4.69, 9.17) is 11.6 Å². The molecule has 0 saturated heterocycles. The van der Waals surface area contributed by atoms with E-state index in [2.05, 4.69) is 10.6 Å². The lowest BCUT2D eigenvalue weighted by atomic mass is 10.1. The van der Waals surface area contributed by atoms with E-state index in [1.165, 1.54) is 12.1 Å². The van der Waals surface area contributed by atoms with E-state index < -0.39 is 23.7 Å². The monoisotopic (exact) mass is 389 g/mol. The van der Waals surface area contributed by atoms with Gasteiger partial charge in [-0.05, 0) is 47.3 Å². The number of aryl methyl sites for hydroxylation is 1. The molecule has 1 heterocycles. The van der Waals surface area contributed by atoms with E-state index in [1.807, 2.05) is 36.0 Å². The summed E-state index contributed by atoms with van der Waals surface area (Å²) in [7, 11) is 1.92. The SMILES string of the molecule is Cn1ccc2cc([C@H](O)CNC(=O)C(=O)Nc3ccc(F)c(Cl)c3)ccc21. The minimum atomic E-state index is -0.966. The first-order valence-electron chi connectivity index (χ1n) is 8.12. The van der Waals surface area contributed by atoms with Crippen molar-refractivity contribution in [3.05, 3.63) is 65.1 Å². The predicted octanol–water partition coefficient (Wildman–Crippen LogP) is 2.76. The number of anilines is 1. The standard InChI is InChI=1S/C19H17ClFN3O3/c1-24-7-6-11-8-12(2-5-16(11)24)17(25)10-22-18(26)19(27)23-13-3-4-15(21)14(20)9-13/h2-9,17,25H,10H2,1H3,(H,22,26)(H,23,27)/t17-/m1/s1. The second-order valence-corrected chi connectivity index (χ2v) is 6.46. The second kappa shape index (κ2) is 7.77. The number of aromatic nitrogens is 1. The summed E-state index contributed by atoms with van der Waals surface area (Å²) in [4.78, 5) is 23.8. The number of aliphatic hydroxyl groups excluding tert-OH is 1. The maximum absolute atomic E-state index is 13.1. The fourth-order valence-corrected chi connectivity index (χ4v) is 2.84. The molecule has 27 heavy (non-hydrogen) atoms. The lowest BCUT2D eigenvalue weighted by Gasteiger charge is -2.13. The topological polar surface area (TPSA) is 83.4 Å². The van der Waals surface area contributed by atoms with Crippen molar-refractivity contribution in [1.29, 1.82) is 0 Å². The Labute approximate surface area is 159 Å². The third kappa shape index (κ3) is 4.27. The molecule has 1 atom stereocenters. The van der Waals surface area contributed by atoms with Gasteiger partial charge in [-0.1, -0.05) is 17.7 Å². The van der Waals surface area contributed by atoms with Crippen molar-refractivity contribution in [2.75, 3.05) is 11.9 Å². The van der Waals surface area contributed by atoms with Gasteiger partial charge in [0.25, 0.3) is 0 Å². The third-order valence-corrected chi connectivity index (χ3v) is 4.42. The first kappa shape index (κ1) is 18.9. The van der Waals surface area contributed by atoms with Crippen molar-refractivity contribution >= 4 is 40.0 Å². The van der Waals surface area contributed by atoms with Gasteiger partial charge in [-0.15, -0.1) is 0 Å². The predicted molar refractivity (Wildman–Crippen MR) is 101 cm³/mol. The minimum absolute atomic E-state index is 0.130. The Bertz CT molecular complexity index is 1020. The van der Waals surface area contributed by atoms with Crippen LogP contribution in [0.5, 0.6) is 0 Å². The van der Waals surface area contributed by atoms with Gasteiger partial charge in [0.2, 0.25) is 0 Å². The molecule has 0 unspecified atom stereocenters. The Kier molecular flexibility index (Phi) is 5.43. The van der Waals surface area contributed by atoms with Gasteiger partial charge in [0.15, 0.2) is 0 Å². The fraction of sp³-hybridized carbons (Fsp3) is 0.158. The van der Waals surface area contributed by atoms with Gasteiger partial charge in [0.05, 0.1) is 11.1 Å². The number of hydrogen-bond acceptors (Lipinski definition) is 3. The number of carbonyl (C=O) groups is 2. The number of aliphatic hydroxyl groups is 1. The van der Waals surface area contributed by atoms with E-state index in [9.17, 15) is 19.1 Å². The first-order chi connectivity index (χ1) is 12.8. The van der Waals surface area contributed by atoms with Crippen LogP contribution in [0.3, 0.4) is 0 Å². The zero-order chi connectivity index (χ0) is 19.6. The lowest BCUT2D eigenvalue weighted by Crippen LogP contribution is -2.37. The van der Waals surface area contributed by atoms with Gasteiger partial charge in [-0.2, -0.15) is 0 Å². The summed E-state index contributed by atoms with van der Waals surface area (Å²) in [6.45, 7) is -0.130. The molecule has 3 N–H and O–H groups in total. The van der Waals surface area contributed by atoms with Crippen LogP contribution in [0.1, 0.15) is 11.7 Å². The molecule has 3 rings (SSSR count). The summed E-state index contributed by atoms with van der Waals surface area (Å²) in [6.07, 6.45) is 0.945.